The van der Waals surface area contributed by atoms with Crippen molar-refractivity contribution >= 4 is 29.1 Å². The first-order valence-electron chi connectivity index (χ1n) is 12.4. The van der Waals surface area contributed by atoms with Gasteiger partial charge in [-0.1, -0.05) is 24.6 Å². The minimum absolute atomic E-state index is 0.0455. The molecule has 1 heterocycles. The minimum atomic E-state index is -0.582. The van der Waals surface area contributed by atoms with E-state index in [1.165, 1.54) is 23.3 Å². The number of amides is 2. The number of furan rings is 1. The third-order valence-electron chi connectivity index (χ3n) is 6.48. The van der Waals surface area contributed by atoms with Gasteiger partial charge in [-0.05, 0) is 55.7 Å². The number of nitrogens with zero attached hydrogens (tertiary/aromatic N) is 3. The lowest BCUT2D eigenvalue weighted by molar-refractivity contribution is -0.384. The molecular formula is C28H32ClN3O7. The summed E-state index contributed by atoms with van der Waals surface area (Å²) in [5.41, 5.74) is 0.818. The van der Waals surface area contributed by atoms with Gasteiger partial charge in [-0.3, -0.25) is 19.7 Å². The zero-order chi connectivity index (χ0) is 28.5. The van der Waals surface area contributed by atoms with E-state index in [1.54, 1.807) is 31.3 Å². The molecule has 208 valence electrons. The van der Waals surface area contributed by atoms with Crippen LogP contribution in [0.5, 0.6) is 11.5 Å². The highest BCUT2D eigenvalue weighted by molar-refractivity contribution is 6.34. The van der Waals surface area contributed by atoms with Crippen LogP contribution >= 0.6 is 11.6 Å². The normalized spacial score (nSPS) is 11.5. The van der Waals surface area contributed by atoms with Crippen molar-refractivity contribution in [1.29, 1.82) is 0 Å². The van der Waals surface area contributed by atoms with E-state index in [1.807, 2.05) is 32.0 Å². The van der Waals surface area contributed by atoms with Gasteiger partial charge in [0.15, 0.2) is 11.5 Å². The molecule has 1 unspecified atom stereocenters. The molecule has 0 bridgehead atoms. The highest BCUT2D eigenvalue weighted by Crippen LogP contribution is 2.28. The molecule has 0 saturated heterocycles. The molecular weight excluding hydrogens is 526 g/mol. The van der Waals surface area contributed by atoms with Gasteiger partial charge in [-0.15, -0.1) is 0 Å². The average Bonchev–Trinajstić information content (AvgIpc) is 3.46. The van der Waals surface area contributed by atoms with E-state index in [0.29, 0.717) is 36.6 Å². The van der Waals surface area contributed by atoms with Crippen molar-refractivity contribution in [1.82, 2.24) is 9.80 Å². The van der Waals surface area contributed by atoms with Gasteiger partial charge in [0.05, 0.1) is 42.5 Å². The lowest BCUT2D eigenvalue weighted by Crippen LogP contribution is -2.47. The summed E-state index contributed by atoms with van der Waals surface area (Å²) >= 11 is 6.24. The second-order valence-electron chi connectivity index (χ2n) is 8.95. The summed E-state index contributed by atoms with van der Waals surface area (Å²) in [5, 5.41) is 11.0. The molecule has 2 amide bonds. The van der Waals surface area contributed by atoms with Crippen LogP contribution < -0.4 is 9.47 Å². The summed E-state index contributed by atoms with van der Waals surface area (Å²) < 4.78 is 16.2. The Morgan fingerprint density at radius 3 is 2.44 bits per heavy atom. The maximum atomic E-state index is 13.6. The highest BCUT2D eigenvalue weighted by Gasteiger charge is 2.28. The fourth-order valence-corrected chi connectivity index (χ4v) is 4.28. The number of rotatable bonds is 13. The Bertz CT molecular complexity index is 1300. The monoisotopic (exact) mass is 557 g/mol. The van der Waals surface area contributed by atoms with Crippen molar-refractivity contribution in [2.75, 3.05) is 27.3 Å². The molecule has 0 aliphatic heterocycles. The Hall–Kier alpha value is -4.05. The van der Waals surface area contributed by atoms with E-state index in [0.717, 1.165) is 11.6 Å². The van der Waals surface area contributed by atoms with Crippen LogP contribution in [0.4, 0.5) is 5.69 Å². The molecule has 10 nitrogen and oxygen atoms in total. The number of carbonyl (C=O) groups is 2. The van der Waals surface area contributed by atoms with Gasteiger partial charge >= 0.3 is 0 Å². The number of carbonyl (C=O) groups excluding carboxylic acids is 2. The highest BCUT2D eigenvalue weighted by atomic mass is 35.5. The number of ether oxygens (including phenoxy) is 2. The predicted molar refractivity (Wildman–Crippen MR) is 146 cm³/mol. The Labute approximate surface area is 232 Å². The SMILES string of the molecule is CCC(C)N(CC(=O)N(CCc1ccc(OC)c(OC)c1)Cc1ccco1)C(=O)c1ccc([N+](=O)[O-])cc1Cl. The Morgan fingerprint density at radius 1 is 1.10 bits per heavy atom. The first kappa shape index (κ1) is 29.5. The molecule has 0 aliphatic carbocycles. The summed E-state index contributed by atoms with van der Waals surface area (Å²) in [6, 6.07) is 12.5. The van der Waals surface area contributed by atoms with E-state index >= 15 is 0 Å². The Morgan fingerprint density at radius 2 is 1.85 bits per heavy atom. The van der Waals surface area contributed by atoms with Crippen LogP contribution in [-0.2, 0) is 17.8 Å². The third kappa shape index (κ3) is 7.51. The number of halogens is 1. The van der Waals surface area contributed by atoms with Gasteiger partial charge < -0.3 is 23.7 Å². The largest absolute Gasteiger partial charge is 0.493 e. The summed E-state index contributed by atoms with van der Waals surface area (Å²) in [6.07, 6.45) is 2.66. The van der Waals surface area contributed by atoms with Gasteiger partial charge in [-0.2, -0.15) is 0 Å². The van der Waals surface area contributed by atoms with Crippen LogP contribution in [0, 0.1) is 10.1 Å². The smallest absolute Gasteiger partial charge is 0.270 e. The summed E-state index contributed by atoms with van der Waals surface area (Å²) in [4.78, 5) is 40.7. The topological polar surface area (TPSA) is 115 Å². The summed E-state index contributed by atoms with van der Waals surface area (Å²) in [5.74, 6) is 1.05. The molecule has 0 saturated carbocycles. The number of methoxy groups -OCH3 is 2. The zero-order valence-corrected chi connectivity index (χ0v) is 23.1. The van der Waals surface area contributed by atoms with E-state index in [2.05, 4.69) is 0 Å². The lowest BCUT2D eigenvalue weighted by Gasteiger charge is -2.31. The number of hydrogen-bond acceptors (Lipinski definition) is 7. The van der Waals surface area contributed by atoms with Crippen molar-refractivity contribution in [3.05, 3.63) is 86.8 Å². The number of hydrogen-bond donors (Lipinski definition) is 0. The van der Waals surface area contributed by atoms with Gasteiger partial charge in [0, 0.05) is 24.7 Å². The fourth-order valence-electron chi connectivity index (χ4n) is 4.02. The van der Waals surface area contributed by atoms with Crippen molar-refractivity contribution in [2.24, 2.45) is 0 Å². The van der Waals surface area contributed by atoms with Crippen LogP contribution in [0.2, 0.25) is 5.02 Å². The average molecular weight is 558 g/mol. The minimum Gasteiger partial charge on any atom is -0.493 e. The van der Waals surface area contributed by atoms with Gasteiger partial charge in [0.25, 0.3) is 11.6 Å². The molecule has 1 atom stereocenters. The lowest BCUT2D eigenvalue weighted by atomic mass is 10.1. The Balaban J connectivity index is 1.83. The van der Waals surface area contributed by atoms with E-state index in [-0.39, 0.29) is 41.3 Å². The molecule has 0 fully saturated rings. The molecule has 0 spiro atoms. The molecule has 0 radical (unpaired) electrons. The molecule has 11 heteroatoms. The number of benzene rings is 2. The molecule has 0 N–H and O–H groups in total. The fraction of sp³-hybridized carbons (Fsp3) is 0.357. The van der Waals surface area contributed by atoms with Gasteiger partial charge in [0.1, 0.15) is 12.3 Å². The number of nitro benzene ring substituents is 1. The standard InChI is InChI=1S/C28H32ClN3O7/c1-5-19(2)31(28(34)23-10-9-21(32(35)36)16-24(23)29)18-27(33)30(17-22-7-6-14-39-22)13-12-20-8-11-25(37-3)26(15-20)38-4/h6-11,14-16,19H,5,12-13,17-18H2,1-4H3. The van der Waals surface area contributed by atoms with Crippen LogP contribution in [0.3, 0.4) is 0 Å². The Kier molecular flexibility index (Phi) is 10.3. The van der Waals surface area contributed by atoms with E-state index in [9.17, 15) is 19.7 Å². The van der Waals surface area contributed by atoms with Crippen molar-refractivity contribution in [3.63, 3.8) is 0 Å². The zero-order valence-electron chi connectivity index (χ0n) is 22.4. The third-order valence-corrected chi connectivity index (χ3v) is 6.79. The van der Waals surface area contributed by atoms with Gasteiger partial charge in [0.2, 0.25) is 5.91 Å². The van der Waals surface area contributed by atoms with Crippen LogP contribution in [0.1, 0.15) is 41.9 Å². The van der Waals surface area contributed by atoms with Crippen molar-refractivity contribution < 1.29 is 28.4 Å². The van der Waals surface area contributed by atoms with E-state index in [4.69, 9.17) is 25.5 Å². The van der Waals surface area contributed by atoms with E-state index < -0.39 is 10.8 Å². The second kappa shape index (κ2) is 13.7. The maximum Gasteiger partial charge on any atom is 0.270 e. The first-order valence-corrected chi connectivity index (χ1v) is 12.8. The first-order chi connectivity index (χ1) is 18.7. The maximum absolute atomic E-state index is 13.6. The summed E-state index contributed by atoms with van der Waals surface area (Å²) in [6.45, 7) is 4.12. The molecule has 3 rings (SSSR count). The molecule has 2 aromatic carbocycles. The molecule has 0 aliphatic rings. The van der Waals surface area contributed by atoms with Crippen LogP contribution in [0.25, 0.3) is 0 Å². The molecule has 1 aromatic heterocycles. The number of non-ortho nitro benzene ring substituents is 1. The van der Waals surface area contributed by atoms with Crippen molar-refractivity contribution in [3.8, 4) is 11.5 Å². The summed E-state index contributed by atoms with van der Waals surface area (Å²) in [7, 11) is 3.13. The van der Waals surface area contributed by atoms with Gasteiger partial charge in [-0.25, -0.2) is 0 Å². The van der Waals surface area contributed by atoms with Crippen molar-refractivity contribution in [2.45, 2.75) is 39.3 Å². The second-order valence-corrected chi connectivity index (χ2v) is 9.35. The molecule has 3 aromatic rings. The quantitative estimate of drug-likeness (QED) is 0.205. The van der Waals surface area contributed by atoms with Crippen LogP contribution in [-0.4, -0.2) is 59.9 Å². The number of nitro groups is 1. The van der Waals surface area contributed by atoms with Crippen LogP contribution in [0.15, 0.2) is 59.2 Å². The predicted octanol–water partition coefficient (Wildman–Crippen LogP) is 5.37. The molecule has 39 heavy (non-hydrogen) atoms.